The molecular weight excluding hydrogens is 346 g/mol. The van der Waals surface area contributed by atoms with Gasteiger partial charge in [0, 0.05) is 16.5 Å². The molecule has 0 saturated carbocycles. The number of benzene rings is 2. The van der Waals surface area contributed by atoms with Crippen LogP contribution in [0.3, 0.4) is 0 Å². The Bertz CT molecular complexity index is 940. The van der Waals surface area contributed by atoms with E-state index in [4.69, 9.17) is 0 Å². The minimum absolute atomic E-state index is 0.0123. The molecule has 0 spiro atoms. The number of phenolic OH excluding ortho intramolecular Hbond substituents is 1. The van der Waals surface area contributed by atoms with Crippen LogP contribution in [0.15, 0.2) is 58.3 Å². The van der Waals surface area contributed by atoms with Gasteiger partial charge in [-0.3, -0.25) is 4.57 Å². The molecule has 3 N–H and O–H groups in total. The van der Waals surface area contributed by atoms with E-state index in [-0.39, 0.29) is 17.2 Å². The number of hydrogen-bond acceptors (Lipinski definition) is 4. The van der Waals surface area contributed by atoms with Crippen LogP contribution in [0.1, 0.15) is 31.9 Å². The predicted molar refractivity (Wildman–Crippen MR) is 105 cm³/mol. The molecule has 0 atom stereocenters. The highest BCUT2D eigenvalue weighted by Gasteiger charge is 2.22. The summed E-state index contributed by atoms with van der Waals surface area (Å²) in [6, 6.07) is 14.6. The van der Waals surface area contributed by atoms with Crippen molar-refractivity contribution in [3.05, 3.63) is 59.7 Å². The van der Waals surface area contributed by atoms with Crippen molar-refractivity contribution in [2.75, 3.05) is 0 Å². The Balaban J connectivity index is 2.02. The highest BCUT2D eigenvalue weighted by molar-refractivity contribution is 7.99. The Morgan fingerprint density at radius 2 is 1.58 bits per heavy atom. The minimum atomic E-state index is -0.203. The fourth-order valence-electron chi connectivity index (χ4n) is 2.88. The molecule has 0 fully saturated rings. The van der Waals surface area contributed by atoms with E-state index in [1.54, 1.807) is 6.07 Å². The van der Waals surface area contributed by atoms with Crippen molar-refractivity contribution in [2.45, 2.75) is 42.9 Å². The molecule has 3 aromatic rings. The van der Waals surface area contributed by atoms with E-state index >= 15 is 0 Å². The number of hydrogen-bond donors (Lipinski definition) is 3. The zero-order valence-electron chi connectivity index (χ0n) is 15.3. The van der Waals surface area contributed by atoms with Crippen molar-refractivity contribution in [1.82, 2.24) is 4.57 Å². The summed E-state index contributed by atoms with van der Waals surface area (Å²) in [7, 11) is 0. The summed E-state index contributed by atoms with van der Waals surface area (Å²) in [5.74, 6) is 0.264. The SMILES string of the molecule is Cc1cc(Sc2cc(O)n(-c3ccccc3)c2O)cc(C(C)(C)C)c1O. The first kappa shape index (κ1) is 18.3. The van der Waals surface area contributed by atoms with E-state index in [2.05, 4.69) is 0 Å². The lowest BCUT2D eigenvalue weighted by Crippen LogP contribution is -2.12. The topological polar surface area (TPSA) is 65.6 Å². The third-order valence-corrected chi connectivity index (χ3v) is 5.24. The van der Waals surface area contributed by atoms with Crippen molar-refractivity contribution >= 4 is 11.8 Å². The molecule has 0 saturated heterocycles. The Labute approximate surface area is 157 Å². The van der Waals surface area contributed by atoms with Crippen molar-refractivity contribution < 1.29 is 15.3 Å². The van der Waals surface area contributed by atoms with Gasteiger partial charge in [0.15, 0.2) is 5.88 Å². The number of aryl methyl sites for hydroxylation is 1. The highest BCUT2D eigenvalue weighted by atomic mass is 32.2. The molecule has 26 heavy (non-hydrogen) atoms. The summed E-state index contributed by atoms with van der Waals surface area (Å²) in [6.07, 6.45) is 0. The van der Waals surface area contributed by atoms with Gasteiger partial charge in [0.25, 0.3) is 0 Å². The number of rotatable bonds is 3. The maximum Gasteiger partial charge on any atom is 0.213 e. The molecule has 0 bridgehead atoms. The van der Waals surface area contributed by atoms with Crippen molar-refractivity contribution in [3.8, 4) is 23.2 Å². The quantitative estimate of drug-likeness (QED) is 0.582. The molecule has 0 aliphatic heterocycles. The Hall–Kier alpha value is -2.53. The van der Waals surface area contributed by atoms with E-state index in [1.807, 2.05) is 70.2 Å². The van der Waals surface area contributed by atoms with Crippen LogP contribution in [-0.4, -0.2) is 19.9 Å². The summed E-state index contributed by atoms with van der Waals surface area (Å²) < 4.78 is 1.40. The number of aromatic hydroxyl groups is 3. The molecule has 0 aliphatic rings. The number of para-hydroxylation sites is 1. The highest BCUT2D eigenvalue weighted by Crippen LogP contribution is 2.44. The van der Waals surface area contributed by atoms with Crippen LogP contribution in [-0.2, 0) is 5.41 Å². The van der Waals surface area contributed by atoms with E-state index in [0.717, 1.165) is 16.0 Å². The molecule has 0 aliphatic carbocycles. The lowest BCUT2D eigenvalue weighted by Gasteiger charge is -2.22. The van der Waals surface area contributed by atoms with Crippen LogP contribution in [0.4, 0.5) is 0 Å². The van der Waals surface area contributed by atoms with E-state index in [9.17, 15) is 15.3 Å². The second-order valence-corrected chi connectivity index (χ2v) is 8.47. The molecule has 136 valence electrons. The first-order chi connectivity index (χ1) is 12.2. The first-order valence-electron chi connectivity index (χ1n) is 8.39. The monoisotopic (exact) mass is 369 g/mol. The van der Waals surface area contributed by atoms with E-state index in [1.165, 1.54) is 16.3 Å². The van der Waals surface area contributed by atoms with Crippen LogP contribution in [0.25, 0.3) is 5.69 Å². The second-order valence-electron chi connectivity index (χ2n) is 7.35. The van der Waals surface area contributed by atoms with Crippen molar-refractivity contribution in [2.24, 2.45) is 0 Å². The molecule has 0 unspecified atom stereocenters. The third-order valence-electron chi connectivity index (χ3n) is 4.25. The van der Waals surface area contributed by atoms with Gasteiger partial charge in [-0.05, 0) is 42.2 Å². The van der Waals surface area contributed by atoms with Gasteiger partial charge in [0.1, 0.15) is 5.75 Å². The van der Waals surface area contributed by atoms with Crippen molar-refractivity contribution in [3.63, 3.8) is 0 Å². The lowest BCUT2D eigenvalue weighted by molar-refractivity contribution is 0.398. The molecule has 0 radical (unpaired) electrons. The van der Waals surface area contributed by atoms with Gasteiger partial charge in [-0.25, -0.2) is 0 Å². The third kappa shape index (κ3) is 3.40. The largest absolute Gasteiger partial charge is 0.507 e. The maximum atomic E-state index is 10.6. The van der Waals surface area contributed by atoms with Crippen LogP contribution >= 0.6 is 11.8 Å². The Morgan fingerprint density at radius 1 is 0.923 bits per heavy atom. The molecule has 5 heteroatoms. The van der Waals surface area contributed by atoms with Crippen molar-refractivity contribution in [1.29, 1.82) is 0 Å². The zero-order valence-corrected chi connectivity index (χ0v) is 16.1. The number of phenols is 1. The van der Waals surface area contributed by atoms with Crippen LogP contribution in [0.2, 0.25) is 0 Å². The van der Waals surface area contributed by atoms with E-state index in [0.29, 0.717) is 16.3 Å². The maximum absolute atomic E-state index is 10.6. The van der Waals surface area contributed by atoms with Gasteiger partial charge in [-0.15, -0.1) is 0 Å². The minimum Gasteiger partial charge on any atom is -0.507 e. The Kier molecular flexibility index (Phi) is 4.67. The normalized spacial score (nSPS) is 11.7. The van der Waals surface area contributed by atoms with Gasteiger partial charge in [-0.2, -0.15) is 0 Å². The van der Waals surface area contributed by atoms with Gasteiger partial charge >= 0.3 is 0 Å². The van der Waals surface area contributed by atoms with Crippen LogP contribution < -0.4 is 0 Å². The summed E-state index contributed by atoms with van der Waals surface area (Å²) in [5, 5.41) is 31.3. The number of nitrogens with zero attached hydrogens (tertiary/aromatic N) is 1. The zero-order chi connectivity index (χ0) is 19.1. The molecule has 1 heterocycles. The molecule has 4 nitrogen and oxygen atoms in total. The predicted octanol–water partition coefficient (Wildman–Crippen LogP) is 5.35. The fraction of sp³-hybridized carbons (Fsp3) is 0.238. The fourth-order valence-corrected chi connectivity index (χ4v) is 3.89. The summed E-state index contributed by atoms with van der Waals surface area (Å²) in [6.45, 7) is 8.00. The average molecular weight is 369 g/mol. The number of aromatic nitrogens is 1. The standard InChI is InChI=1S/C21H23NO3S/c1-13-10-15(11-16(19(13)24)21(2,3)4)26-17-12-18(23)22(20(17)25)14-8-6-5-7-9-14/h5-12,23-25H,1-4H3. The molecular formula is C21H23NO3S. The lowest BCUT2D eigenvalue weighted by atomic mass is 9.85. The van der Waals surface area contributed by atoms with Gasteiger partial charge in [0.05, 0.1) is 10.6 Å². The first-order valence-corrected chi connectivity index (χ1v) is 9.21. The van der Waals surface area contributed by atoms with Gasteiger partial charge in [-0.1, -0.05) is 50.7 Å². The molecule has 0 amide bonds. The van der Waals surface area contributed by atoms with E-state index < -0.39 is 0 Å². The summed E-state index contributed by atoms with van der Waals surface area (Å²) in [5.41, 5.74) is 2.12. The molecule has 3 rings (SSSR count). The Morgan fingerprint density at radius 3 is 2.19 bits per heavy atom. The molecule has 1 aromatic heterocycles. The van der Waals surface area contributed by atoms with Crippen LogP contribution in [0.5, 0.6) is 17.5 Å². The average Bonchev–Trinajstić information content (AvgIpc) is 2.84. The molecule has 2 aromatic carbocycles. The van der Waals surface area contributed by atoms with Crippen LogP contribution in [0, 0.1) is 6.92 Å². The second kappa shape index (κ2) is 6.65. The van der Waals surface area contributed by atoms with Gasteiger partial charge in [0.2, 0.25) is 5.88 Å². The summed E-state index contributed by atoms with van der Waals surface area (Å²) >= 11 is 1.36. The summed E-state index contributed by atoms with van der Waals surface area (Å²) in [4.78, 5) is 1.45. The smallest absolute Gasteiger partial charge is 0.213 e. The van der Waals surface area contributed by atoms with Gasteiger partial charge < -0.3 is 15.3 Å².